The second-order valence-corrected chi connectivity index (χ2v) is 6.64. The van der Waals surface area contributed by atoms with Crippen LogP contribution in [0.5, 0.6) is 0 Å². The van der Waals surface area contributed by atoms with Gasteiger partial charge < -0.3 is 10.2 Å². The zero-order valence-electron chi connectivity index (χ0n) is 13.4. The van der Waals surface area contributed by atoms with Crippen LogP contribution >= 0.6 is 11.6 Å². The number of halogens is 1. The molecule has 1 aliphatic carbocycles. The molecule has 1 fully saturated rings. The van der Waals surface area contributed by atoms with E-state index >= 15 is 0 Å². The third-order valence-electron chi connectivity index (χ3n) is 4.64. The fraction of sp³-hybridized carbons (Fsp3) is 0.667. The van der Waals surface area contributed by atoms with E-state index in [1.54, 1.807) is 0 Å². The Morgan fingerprint density at radius 2 is 2.00 bits per heavy atom. The molecule has 3 heteroatoms. The molecule has 1 aromatic carbocycles. The Labute approximate surface area is 134 Å². The highest BCUT2D eigenvalue weighted by molar-refractivity contribution is 6.31. The minimum absolute atomic E-state index is 0.363. The van der Waals surface area contributed by atoms with Gasteiger partial charge in [-0.25, -0.2) is 0 Å². The van der Waals surface area contributed by atoms with Crippen LogP contribution in [0.2, 0.25) is 5.02 Å². The molecule has 0 aromatic heterocycles. The molecule has 21 heavy (non-hydrogen) atoms. The molecular weight excluding hydrogens is 280 g/mol. The SMILES string of the molecule is CCCNC(CCN(C)C1CCCC1)c1ccccc1Cl. The summed E-state index contributed by atoms with van der Waals surface area (Å²) in [7, 11) is 2.28. The molecule has 0 aliphatic heterocycles. The summed E-state index contributed by atoms with van der Waals surface area (Å²) in [6, 6.07) is 9.41. The van der Waals surface area contributed by atoms with Crippen LogP contribution in [0.15, 0.2) is 24.3 Å². The van der Waals surface area contributed by atoms with Crippen LogP contribution in [0.3, 0.4) is 0 Å². The Hall–Kier alpha value is -0.570. The Bertz CT molecular complexity index is 415. The molecule has 0 spiro atoms. The van der Waals surface area contributed by atoms with Crippen LogP contribution in [0.4, 0.5) is 0 Å². The van der Waals surface area contributed by atoms with Gasteiger partial charge in [0.15, 0.2) is 0 Å². The standard InChI is InChI=1S/C18H29ClN2/c1-3-13-20-18(16-10-6-7-11-17(16)19)12-14-21(2)15-8-4-5-9-15/h6-7,10-11,15,18,20H,3-5,8-9,12-14H2,1-2H3. The van der Waals surface area contributed by atoms with E-state index in [-0.39, 0.29) is 0 Å². The van der Waals surface area contributed by atoms with E-state index in [2.05, 4.69) is 36.3 Å². The molecule has 2 nitrogen and oxygen atoms in total. The molecule has 0 saturated heterocycles. The Balaban J connectivity index is 1.94. The topological polar surface area (TPSA) is 15.3 Å². The van der Waals surface area contributed by atoms with Crippen LogP contribution in [-0.4, -0.2) is 31.1 Å². The molecule has 2 rings (SSSR count). The van der Waals surface area contributed by atoms with Gasteiger partial charge in [-0.05, 0) is 57.5 Å². The van der Waals surface area contributed by atoms with Crippen molar-refractivity contribution in [3.8, 4) is 0 Å². The number of nitrogens with one attached hydrogen (secondary N) is 1. The molecule has 1 aliphatic rings. The summed E-state index contributed by atoms with van der Waals surface area (Å²) >= 11 is 6.39. The summed E-state index contributed by atoms with van der Waals surface area (Å²) in [4.78, 5) is 2.55. The fourth-order valence-corrected chi connectivity index (χ4v) is 3.57. The molecule has 0 bridgehead atoms. The van der Waals surface area contributed by atoms with E-state index in [0.29, 0.717) is 6.04 Å². The highest BCUT2D eigenvalue weighted by atomic mass is 35.5. The van der Waals surface area contributed by atoms with Crippen molar-refractivity contribution >= 4 is 11.6 Å². The van der Waals surface area contributed by atoms with Crippen LogP contribution in [0.1, 0.15) is 57.1 Å². The van der Waals surface area contributed by atoms with E-state index in [4.69, 9.17) is 11.6 Å². The number of hydrogen-bond acceptors (Lipinski definition) is 2. The van der Waals surface area contributed by atoms with Crippen LogP contribution in [0.25, 0.3) is 0 Å². The molecule has 118 valence electrons. The van der Waals surface area contributed by atoms with Gasteiger partial charge in [0.05, 0.1) is 0 Å². The average molecular weight is 309 g/mol. The molecule has 1 aromatic rings. The Kier molecular flexibility index (Phi) is 7.01. The van der Waals surface area contributed by atoms with Crippen molar-refractivity contribution in [1.29, 1.82) is 0 Å². The van der Waals surface area contributed by atoms with E-state index in [9.17, 15) is 0 Å². The molecule has 1 N–H and O–H groups in total. The largest absolute Gasteiger partial charge is 0.310 e. The van der Waals surface area contributed by atoms with Gasteiger partial charge in [0.1, 0.15) is 0 Å². The van der Waals surface area contributed by atoms with Gasteiger partial charge in [-0.3, -0.25) is 0 Å². The summed E-state index contributed by atoms with van der Waals surface area (Å²) in [5.41, 5.74) is 1.24. The maximum absolute atomic E-state index is 6.39. The second kappa shape index (κ2) is 8.77. The predicted molar refractivity (Wildman–Crippen MR) is 92.0 cm³/mol. The molecular formula is C18H29ClN2. The lowest BCUT2D eigenvalue weighted by Crippen LogP contribution is -2.33. The predicted octanol–water partition coefficient (Wildman–Crippen LogP) is 4.65. The van der Waals surface area contributed by atoms with E-state index < -0.39 is 0 Å². The van der Waals surface area contributed by atoms with Crippen molar-refractivity contribution in [1.82, 2.24) is 10.2 Å². The normalized spacial score (nSPS) is 17.5. The van der Waals surface area contributed by atoms with Crippen LogP contribution in [-0.2, 0) is 0 Å². The first kappa shape index (κ1) is 16.8. The summed E-state index contributed by atoms with van der Waals surface area (Å²) in [5.74, 6) is 0. The molecule has 0 amide bonds. The first-order valence-electron chi connectivity index (χ1n) is 8.40. The first-order chi connectivity index (χ1) is 10.2. The van der Waals surface area contributed by atoms with Crippen molar-refractivity contribution in [3.05, 3.63) is 34.9 Å². The lowest BCUT2D eigenvalue weighted by molar-refractivity contribution is 0.231. The van der Waals surface area contributed by atoms with Gasteiger partial charge in [0.25, 0.3) is 0 Å². The monoisotopic (exact) mass is 308 g/mol. The number of nitrogens with zero attached hydrogens (tertiary/aromatic N) is 1. The van der Waals surface area contributed by atoms with Gasteiger partial charge >= 0.3 is 0 Å². The summed E-state index contributed by atoms with van der Waals surface area (Å²) < 4.78 is 0. The molecule has 1 unspecified atom stereocenters. The smallest absolute Gasteiger partial charge is 0.0453 e. The lowest BCUT2D eigenvalue weighted by atomic mass is 10.0. The van der Waals surface area contributed by atoms with Crippen molar-refractivity contribution in [2.45, 2.75) is 57.5 Å². The maximum atomic E-state index is 6.39. The first-order valence-corrected chi connectivity index (χ1v) is 8.78. The van der Waals surface area contributed by atoms with Crippen molar-refractivity contribution in [2.24, 2.45) is 0 Å². The van der Waals surface area contributed by atoms with Crippen molar-refractivity contribution < 1.29 is 0 Å². The van der Waals surface area contributed by atoms with Crippen molar-refractivity contribution in [2.75, 3.05) is 20.1 Å². The molecule has 0 heterocycles. The third kappa shape index (κ3) is 4.98. The summed E-state index contributed by atoms with van der Waals surface area (Å²) in [6.45, 7) is 4.39. The number of benzene rings is 1. The molecule has 0 radical (unpaired) electrons. The lowest BCUT2D eigenvalue weighted by Gasteiger charge is -2.27. The highest BCUT2D eigenvalue weighted by Crippen LogP contribution is 2.27. The van der Waals surface area contributed by atoms with Gasteiger partial charge in [-0.15, -0.1) is 0 Å². The van der Waals surface area contributed by atoms with E-state index in [1.165, 1.54) is 31.2 Å². The van der Waals surface area contributed by atoms with Gasteiger partial charge in [0.2, 0.25) is 0 Å². The minimum Gasteiger partial charge on any atom is -0.310 e. The molecule has 1 saturated carbocycles. The summed E-state index contributed by atoms with van der Waals surface area (Å²) in [5, 5.41) is 4.55. The van der Waals surface area contributed by atoms with E-state index in [1.807, 2.05) is 12.1 Å². The Morgan fingerprint density at radius 3 is 2.67 bits per heavy atom. The van der Waals surface area contributed by atoms with Gasteiger partial charge in [0, 0.05) is 17.1 Å². The van der Waals surface area contributed by atoms with Crippen LogP contribution in [0, 0.1) is 0 Å². The van der Waals surface area contributed by atoms with E-state index in [0.717, 1.165) is 37.0 Å². The van der Waals surface area contributed by atoms with Gasteiger partial charge in [-0.1, -0.05) is 49.6 Å². The zero-order chi connectivity index (χ0) is 15.1. The third-order valence-corrected chi connectivity index (χ3v) is 4.98. The van der Waals surface area contributed by atoms with Crippen LogP contribution < -0.4 is 5.32 Å². The average Bonchev–Trinajstić information content (AvgIpc) is 3.02. The summed E-state index contributed by atoms with van der Waals surface area (Å²) in [6.07, 6.45) is 7.81. The quantitative estimate of drug-likeness (QED) is 0.752. The highest BCUT2D eigenvalue weighted by Gasteiger charge is 2.21. The zero-order valence-corrected chi connectivity index (χ0v) is 14.2. The molecule has 1 atom stereocenters. The minimum atomic E-state index is 0.363. The number of hydrogen-bond donors (Lipinski definition) is 1. The van der Waals surface area contributed by atoms with Crippen molar-refractivity contribution in [3.63, 3.8) is 0 Å². The fourth-order valence-electron chi connectivity index (χ4n) is 3.30. The Morgan fingerprint density at radius 1 is 1.29 bits per heavy atom. The second-order valence-electron chi connectivity index (χ2n) is 6.24. The number of rotatable bonds is 8. The maximum Gasteiger partial charge on any atom is 0.0453 e. The van der Waals surface area contributed by atoms with Gasteiger partial charge in [-0.2, -0.15) is 0 Å².